The Hall–Kier alpha value is -1.75. The Bertz CT molecular complexity index is 830. The van der Waals surface area contributed by atoms with E-state index in [0.29, 0.717) is 6.10 Å². The van der Waals surface area contributed by atoms with Crippen LogP contribution >= 0.6 is 0 Å². The molecule has 1 saturated carbocycles. The highest BCUT2D eigenvalue weighted by molar-refractivity contribution is 5.68. The van der Waals surface area contributed by atoms with Crippen molar-refractivity contribution in [3.05, 3.63) is 29.3 Å². The Balaban J connectivity index is 1.36. The highest BCUT2D eigenvalue weighted by Crippen LogP contribution is 2.40. The zero-order chi connectivity index (χ0) is 24.3. The number of ether oxygens (including phenoxy) is 2. The number of amides is 1. The van der Waals surface area contributed by atoms with Crippen LogP contribution in [0.1, 0.15) is 96.6 Å². The average molecular weight is 471 g/mol. The Morgan fingerprint density at radius 2 is 1.74 bits per heavy atom. The van der Waals surface area contributed by atoms with Crippen LogP contribution in [0.25, 0.3) is 0 Å². The molecule has 5 nitrogen and oxygen atoms in total. The number of hydrogen-bond donors (Lipinski definition) is 0. The molecule has 0 N–H and O–H groups in total. The molecule has 2 saturated heterocycles. The quantitative estimate of drug-likeness (QED) is 0.480. The summed E-state index contributed by atoms with van der Waals surface area (Å²) in [7, 11) is 0. The highest BCUT2D eigenvalue weighted by Gasteiger charge is 2.44. The summed E-state index contributed by atoms with van der Waals surface area (Å²) in [5.74, 6) is 1.93. The largest absolute Gasteiger partial charge is 0.490 e. The number of carbonyl (C=O) groups is 1. The third kappa shape index (κ3) is 6.27. The molecule has 1 aromatic rings. The van der Waals surface area contributed by atoms with Gasteiger partial charge in [-0.25, -0.2) is 4.79 Å². The van der Waals surface area contributed by atoms with Gasteiger partial charge in [0.15, 0.2) is 0 Å². The van der Waals surface area contributed by atoms with E-state index in [4.69, 9.17) is 9.47 Å². The van der Waals surface area contributed by atoms with Crippen LogP contribution < -0.4 is 4.74 Å². The van der Waals surface area contributed by atoms with Gasteiger partial charge in [-0.15, -0.1) is 0 Å². The smallest absolute Gasteiger partial charge is 0.410 e. The van der Waals surface area contributed by atoms with E-state index in [9.17, 15) is 4.79 Å². The Labute approximate surface area is 207 Å². The van der Waals surface area contributed by atoms with Gasteiger partial charge in [0.1, 0.15) is 11.4 Å². The Morgan fingerprint density at radius 3 is 2.38 bits per heavy atom. The fraction of sp³-hybridized carbons (Fsp3) is 0.759. The molecule has 1 aromatic carbocycles. The molecule has 1 amide bonds. The Kier molecular flexibility index (Phi) is 7.81. The van der Waals surface area contributed by atoms with E-state index in [0.717, 1.165) is 50.7 Å². The van der Waals surface area contributed by atoms with Crippen molar-refractivity contribution in [2.24, 2.45) is 5.92 Å². The second kappa shape index (κ2) is 10.5. The van der Waals surface area contributed by atoms with Gasteiger partial charge in [0.2, 0.25) is 0 Å². The van der Waals surface area contributed by atoms with Crippen LogP contribution in [0.4, 0.5) is 4.79 Å². The highest BCUT2D eigenvalue weighted by atomic mass is 16.6. The number of likely N-dealkylation sites (tertiary alicyclic amines) is 2. The van der Waals surface area contributed by atoms with Crippen molar-refractivity contribution in [2.45, 2.75) is 116 Å². The van der Waals surface area contributed by atoms with Crippen molar-refractivity contribution in [1.29, 1.82) is 0 Å². The van der Waals surface area contributed by atoms with Crippen LogP contribution in [-0.4, -0.2) is 52.8 Å². The summed E-state index contributed by atoms with van der Waals surface area (Å²) < 4.78 is 12.1. The lowest BCUT2D eigenvalue weighted by atomic mass is 9.84. The van der Waals surface area contributed by atoms with Crippen LogP contribution in [0.3, 0.4) is 0 Å². The van der Waals surface area contributed by atoms with Gasteiger partial charge < -0.3 is 14.4 Å². The number of rotatable bonds is 5. The number of nitrogens with zero attached hydrogens (tertiary/aromatic N) is 2. The van der Waals surface area contributed by atoms with E-state index >= 15 is 0 Å². The number of benzene rings is 1. The van der Waals surface area contributed by atoms with Gasteiger partial charge >= 0.3 is 6.09 Å². The van der Waals surface area contributed by atoms with Crippen LogP contribution in [0.2, 0.25) is 0 Å². The van der Waals surface area contributed by atoms with Crippen molar-refractivity contribution in [3.63, 3.8) is 0 Å². The van der Waals surface area contributed by atoms with Gasteiger partial charge in [0, 0.05) is 25.2 Å². The minimum Gasteiger partial charge on any atom is -0.490 e. The predicted molar refractivity (Wildman–Crippen MR) is 137 cm³/mol. The zero-order valence-corrected chi connectivity index (χ0v) is 22.2. The molecule has 34 heavy (non-hydrogen) atoms. The second-order valence-electron chi connectivity index (χ2n) is 12.0. The van der Waals surface area contributed by atoms with Crippen molar-refractivity contribution < 1.29 is 14.3 Å². The van der Waals surface area contributed by atoms with Crippen molar-refractivity contribution in [2.75, 3.05) is 19.6 Å². The minimum absolute atomic E-state index is 0.166. The van der Waals surface area contributed by atoms with E-state index in [2.05, 4.69) is 36.9 Å². The molecule has 0 aromatic heterocycles. The molecule has 1 aliphatic carbocycles. The average Bonchev–Trinajstić information content (AvgIpc) is 3.14. The molecule has 0 atom stereocenters. The predicted octanol–water partition coefficient (Wildman–Crippen LogP) is 6.71. The lowest BCUT2D eigenvalue weighted by Gasteiger charge is -2.45. The number of piperidine rings is 1. The van der Waals surface area contributed by atoms with Gasteiger partial charge in [-0.3, -0.25) is 4.90 Å². The van der Waals surface area contributed by atoms with Crippen LogP contribution in [0.5, 0.6) is 5.75 Å². The maximum Gasteiger partial charge on any atom is 0.410 e. The summed E-state index contributed by atoms with van der Waals surface area (Å²) in [5, 5.41) is 0. The molecular weight excluding hydrogens is 424 g/mol. The van der Waals surface area contributed by atoms with Crippen LogP contribution in [-0.2, 0) is 11.3 Å². The van der Waals surface area contributed by atoms with E-state index in [1.807, 2.05) is 25.7 Å². The summed E-state index contributed by atoms with van der Waals surface area (Å²) in [6, 6.07) is 6.80. The summed E-state index contributed by atoms with van der Waals surface area (Å²) in [5.41, 5.74) is 2.41. The third-order valence-electron chi connectivity index (χ3n) is 8.24. The molecule has 1 spiro atoms. The van der Waals surface area contributed by atoms with Crippen molar-refractivity contribution in [3.8, 4) is 5.75 Å². The third-order valence-corrected chi connectivity index (χ3v) is 8.24. The molecule has 2 heterocycles. The first-order valence-corrected chi connectivity index (χ1v) is 13.7. The topological polar surface area (TPSA) is 42.0 Å². The SMILES string of the molecule is CCC1CCC(Oc2cc(C)cc(CN3CCCC34CCN(C(=O)OC(C)(C)C)CC4)c2)CC1. The first kappa shape index (κ1) is 25.3. The lowest BCUT2D eigenvalue weighted by Crippen LogP contribution is -2.53. The fourth-order valence-electron chi connectivity index (χ4n) is 6.29. The first-order valence-electron chi connectivity index (χ1n) is 13.7. The molecule has 0 unspecified atom stereocenters. The van der Waals surface area contributed by atoms with Gasteiger partial charge in [0.05, 0.1) is 6.10 Å². The van der Waals surface area contributed by atoms with E-state index in [1.54, 1.807) is 0 Å². The van der Waals surface area contributed by atoms with E-state index in [-0.39, 0.29) is 11.6 Å². The van der Waals surface area contributed by atoms with Crippen molar-refractivity contribution >= 4 is 6.09 Å². The normalized spacial score (nSPS) is 25.5. The minimum atomic E-state index is -0.439. The first-order chi connectivity index (χ1) is 16.2. The van der Waals surface area contributed by atoms with Gasteiger partial charge in [-0.2, -0.15) is 0 Å². The van der Waals surface area contributed by atoms with Gasteiger partial charge in [-0.05, 0) is 115 Å². The maximum atomic E-state index is 12.5. The van der Waals surface area contributed by atoms with Crippen LogP contribution in [0.15, 0.2) is 18.2 Å². The molecule has 0 radical (unpaired) electrons. The summed E-state index contributed by atoms with van der Waals surface area (Å²) in [6.07, 6.45) is 11.0. The molecule has 3 aliphatic rings. The Morgan fingerprint density at radius 1 is 1.03 bits per heavy atom. The van der Waals surface area contributed by atoms with Crippen LogP contribution in [0, 0.1) is 12.8 Å². The molecule has 190 valence electrons. The molecule has 5 heteroatoms. The van der Waals surface area contributed by atoms with E-state index < -0.39 is 5.60 Å². The molecule has 4 rings (SSSR count). The number of hydrogen-bond acceptors (Lipinski definition) is 4. The summed E-state index contributed by atoms with van der Waals surface area (Å²) in [4.78, 5) is 17.1. The lowest BCUT2D eigenvalue weighted by molar-refractivity contribution is 0.00162. The zero-order valence-electron chi connectivity index (χ0n) is 22.2. The summed E-state index contributed by atoms with van der Waals surface area (Å²) >= 11 is 0. The molecule has 3 fully saturated rings. The number of carbonyl (C=O) groups excluding carboxylic acids is 1. The standard InChI is InChI=1S/C29H46N2O3/c1-6-23-8-10-25(11-9-23)33-26-19-22(2)18-24(20-26)21-31-15-7-12-29(31)13-16-30(17-14-29)27(32)34-28(3,4)5/h18-20,23,25H,6-17,21H2,1-5H3. The van der Waals surface area contributed by atoms with E-state index in [1.165, 1.54) is 56.1 Å². The van der Waals surface area contributed by atoms with Gasteiger partial charge in [0.25, 0.3) is 0 Å². The maximum absolute atomic E-state index is 12.5. The van der Waals surface area contributed by atoms with Gasteiger partial charge in [-0.1, -0.05) is 19.4 Å². The molecular formula is C29H46N2O3. The summed E-state index contributed by atoms with van der Waals surface area (Å²) in [6.45, 7) is 14.0. The monoisotopic (exact) mass is 470 g/mol. The number of aryl methyl sites for hydroxylation is 1. The second-order valence-corrected chi connectivity index (χ2v) is 12.0. The van der Waals surface area contributed by atoms with Crippen molar-refractivity contribution in [1.82, 2.24) is 9.80 Å². The molecule has 0 bridgehead atoms. The molecule has 2 aliphatic heterocycles. The fourth-order valence-corrected chi connectivity index (χ4v) is 6.29.